The molecule has 5 nitrogen and oxygen atoms in total. The maximum atomic E-state index is 10.3. The van der Waals surface area contributed by atoms with Crippen LogP contribution in [-0.2, 0) is 19.1 Å². The third-order valence-corrected chi connectivity index (χ3v) is 0.722. The number of carbonyl (C=O) groups excluding carboxylic acids is 2. The van der Waals surface area contributed by atoms with Gasteiger partial charge in [0.25, 0.3) is 0 Å². The standard InChI is InChI=1S/C5H9NO4/c1-9-2-3-10-5(8)4(6)7/h2-3H2,1H3,(H2,6,7). The van der Waals surface area contributed by atoms with Crippen LogP contribution < -0.4 is 5.73 Å². The van der Waals surface area contributed by atoms with Crippen LogP contribution in [0.2, 0.25) is 0 Å². The van der Waals surface area contributed by atoms with Crippen molar-refractivity contribution in [3.05, 3.63) is 0 Å². The average molecular weight is 147 g/mol. The molecule has 1 amide bonds. The summed E-state index contributed by atoms with van der Waals surface area (Å²) in [5, 5.41) is 0. The van der Waals surface area contributed by atoms with E-state index in [2.05, 4.69) is 15.2 Å². The SMILES string of the molecule is COCCOC(=O)C(N)=O. The Morgan fingerprint density at radius 2 is 2.00 bits per heavy atom. The van der Waals surface area contributed by atoms with Gasteiger partial charge < -0.3 is 15.2 Å². The predicted octanol–water partition coefficient (Wildman–Crippen LogP) is -1.34. The van der Waals surface area contributed by atoms with E-state index in [0.717, 1.165) is 0 Å². The number of hydrogen-bond donors (Lipinski definition) is 1. The van der Waals surface area contributed by atoms with E-state index in [4.69, 9.17) is 0 Å². The normalized spacial score (nSPS) is 8.90. The molecule has 0 aliphatic carbocycles. The van der Waals surface area contributed by atoms with Crippen LogP contribution >= 0.6 is 0 Å². The number of carbonyl (C=O) groups is 2. The highest BCUT2D eigenvalue weighted by atomic mass is 16.6. The summed E-state index contributed by atoms with van der Waals surface area (Å²) in [4.78, 5) is 20.3. The van der Waals surface area contributed by atoms with Crippen molar-refractivity contribution in [3.63, 3.8) is 0 Å². The maximum Gasteiger partial charge on any atom is 0.396 e. The minimum Gasteiger partial charge on any atom is -0.456 e. The predicted molar refractivity (Wildman–Crippen MR) is 32.0 cm³/mol. The van der Waals surface area contributed by atoms with E-state index in [1.165, 1.54) is 7.11 Å². The van der Waals surface area contributed by atoms with Crippen LogP contribution in [0.4, 0.5) is 0 Å². The zero-order valence-electron chi connectivity index (χ0n) is 5.62. The quantitative estimate of drug-likeness (QED) is 0.304. The van der Waals surface area contributed by atoms with Crippen LogP contribution in [0.25, 0.3) is 0 Å². The lowest BCUT2D eigenvalue weighted by atomic mass is 10.6. The van der Waals surface area contributed by atoms with Crippen LogP contribution in [0.15, 0.2) is 0 Å². The van der Waals surface area contributed by atoms with E-state index < -0.39 is 11.9 Å². The largest absolute Gasteiger partial charge is 0.456 e. The highest BCUT2D eigenvalue weighted by molar-refractivity contribution is 6.31. The first-order valence-corrected chi connectivity index (χ1v) is 2.64. The second-order valence-electron chi connectivity index (χ2n) is 1.49. The molecule has 0 aromatic heterocycles. The van der Waals surface area contributed by atoms with E-state index >= 15 is 0 Å². The van der Waals surface area contributed by atoms with Crippen molar-refractivity contribution >= 4 is 11.9 Å². The maximum absolute atomic E-state index is 10.3. The van der Waals surface area contributed by atoms with Gasteiger partial charge in [-0.3, -0.25) is 4.79 Å². The van der Waals surface area contributed by atoms with E-state index in [1.54, 1.807) is 0 Å². The molecule has 0 aliphatic heterocycles. The summed E-state index contributed by atoms with van der Waals surface area (Å²) in [5.74, 6) is -2.12. The van der Waals surface area contributed by atoms with E-state index in [1.807, 2.05) is 0 Å². The van der Waals surface area contributed by atoms with Gasteiger partial charge in [-0.25, -0.2) is 4.79 Å². The Balaban J connectivity index is 3.31. The van der Waals surface area contributed by atoms with Crippen LogP contribution in [0.1, 0.15) is 0 Å². The van der Waals surface area contributed by atoms with Crippen molar-refractivity contribution in [3.8, 4) is 0 Å². The number of rotatable bonds is 3. The van der Waals surface area contributed by atoms with Crippen molar-refractivity contribution in [1.29, 1.82) is 0 Å². The lowest BCUT2D eigenvalue weighted by Gasteiger charge is -1.98. The van der Waals surface area contributed by atoms with E-state index in [-0.39, 0.29) is 13.2 Å². The van der Waals surface area contributed by atoms with E-state index in [9.17, 15) is 9.59 Å². The minimum atomic E-state index is -1.09. The number of nitrogens with two attached hydrogens (primary N) is 1. The molecule has 2 N–H and O–H groups in total. The molecule has 0 rings (SSSR count). The Bertz CT molecular complexity index is 134. The molecule has 10 heavy (non-hydrogen) atoms. The minimum absolute atomic E-state index is 0.0538. The van der Waals surface area contributed by atoms with Gasteiger partial charge in [-0.2, -0.15) is 0 Å². The zero-order valence-corrected chi connectivity index (χ0v) is 5.62. The number of hydrogen-bond acceptors (Lipinski definition) is 4. The van der Waals surface area contributed by atoms with Crippen LogP contribution in [0.3, 0.4) is 0 Å². The van der Waals surface area contributed by atoms with Gasteiger partial charge in [0.15, 0.2) is 0 Å². The van der Waals surface area contributed by atoms with Crippen molar-refractivity contribution in [1.82, 2.24) is 0 Å². The van der Waals surface area contributed by atoms with Crippen LogP contribution in [0, 0.1) is 0 Å². The Morgan fingerprint density at radius 1 is 1.40 bits per heavy atom. The molecule has 0 aromatic carbocycles. The third-order valence-electron chi connectivity index (χ3n) is 0.722. The van der Waals surface area contributed by atoms with Gasteiger partial charge >= 0.3 is 11.9 Å². The summed E-state index contributed by atoms with van der Waals surface area (Å²) < 4.78 is 8.85. The molecule has 0 bridgehead atoms. The first-order valence-electron chi connectivity index (χ1n) is 2.64. The highest BCUT2D eigenvalue weighted by Crippen LogP contribution is 1.76. The average Bonchev–Trinajstić information content (AvgIpc) is 1.88. The summed E-state index contributed by atoms with van der Waals surface area (Å²) in [6, 6.07) is 0. The number of methoxy groups -OCH3 is 1. The first-order chi connectivity index (χ1) is 4.68. The van der Waals surface area contributed by atoms with Gasteiger partial charge in [0.1, 0.15) is 6.61 Å². The molecule has 0 unspecified atom stereocenters. The van der Waals surface area contributed by atoms with E-state index in [0.29, 0.717) is 0 Å². The topological polar surface area (TPSA) is 78.6 Å². The number of esters is 1. The molecule has 0 radical (unpaired) electrons. The monoisotopic (exact) mass is 147 g/mol. The molecule has 0 fully saturated rings. The van der Waals surface area contributed by atoms with Crippen molar-refractivity contribution in [2.75, 3.05) is 20.3 Å². The Kier molecular flexibility index (Phi) is 4.23. The fraction of sp³-hybridized carbons (Fsp3) is 0.600. The molecule has 58 valence electrons. The molecular formula is C5H9NO4. The van der Waals surface area contributed by atoms with Gasteiger partial charge in [-0.15, -0.1) is 0 Å². The molecule has 0 saturated heterocycles. The molecule has 0 heterocycles. The Labute approximate surface area is 58.1 Å². The van der Waals surface area contributed by atoms with Crippen molar-refractivity contribution in [2.24, 2.45) is 5.73 Å². The molecule has 5 heteroatoms. The Hall–Kier alpha value is -1.10. The molecule has 0 aromatic rings. The molecule has 0 atom stereocenters. The molecule has 0 saturated carbocycles. The van der Waals surface area contributed by atoms with Gasteiger partial charge in [-0.05, 0) is 0 Å². The second-order valence-corrected chi connectivity index (χ2v) is 1.49. The number of primary amides is 1. The molecule has 0 spiro atoms. The lowest BCUT2D eigenvalue weighted by molar-refractivity contribution is -0.154. The lowest BCUT2D eigenvalue weighted by Crippen LogP contribution is -2.26. The van der Waals surface area contributed by atoms with Crippen LogP contribution in [-0.4, -0.2) is 32.2 Å². The second kappa shape index (κ2) is 4.75. The van der Waals surface area contributed by atoms with Crippen molar-refractivity contribution < 1.29 is 19.1 Å². The van der Waals surface area contributed by atoms with Gasteiger partial charge in [0.05, 0.1) is 6.61 Å². The molecule has 0 aliphatic rings. The van der Waals surface area contributed by atoms with Gasteiger partial charge in [0.2, 0.25) is 0 Å². The number of amides is 1. The summed E-state index contributed by atoms with van der Waals surface area (Å²) in [7, 11) is 1.46. The summed E-state index contributed by atoms with van der Waals surface area (Å²) in [5.41, 5.74) is 4.56. The van der Waals surface area contributed by atoms with Gasteiger partial charge in [-0.1, -0.05) is 0 Å². The zero-order chi connectivity index (χ0) is 7.98. The Morgan fingerprint density at radius 3 is 2.40 bits per heavy atom. The summed E-state index contributed by atoms with van der Waals surface area (Å²) in [6.07, 6.45) is 0. The molecular weight excluding hydrogens is 138 g/mol. The fourth-order valence-electron chi connectivity index (χ4n) is 0.289. The van der Waals surface area contributed by atoms with Crippen molar-refractivity contribution in [2.45, 2.75) is 0 Å². The highest BCUT2D eigenvalue weighted by Gasteiger charge is 2.08. The third kappa shape index (κ3) is 3.85. The van der Waals surface area contributed by atoms with Gasteiger partial charge in [0, 0.05) is 7.11 Å². The summed E-state index contributed by atoms with van der Waals surface area (Å²) in [6.45, 7) is 0.317. The number of ether oxygens (including phenoxy) is 2. The first kappa shape index (κ1) is 8.90. The smallest absolute Gasteiger partial charge is 0.396 e. The van der Waals surface area contributed by atoms with Crippen LogP contribution in [0.5, 0.6) is 0 Å². The summed E-state index contributed by atoms with van der Waals surface area (Å²) >= 11 is 0. The fourth-order valence-corrected chi connectivity index (χ4v) is 0.289.